The van der Waals surface area contributed by atoms with E-state index in [9.17, 15) is 9.59 Å². The minimum atomic E-state index is -0.378. The predicted molar refractivity (Wildman–Crippen MR) is 67.1 cm³/mol. The summed E-state index contributed by atoms with van der Waals surface area (Å²) >= 11 is 1.24. The third-order valence-corrected chi connectivity index (χ3v) is 2.88. The SMILES string of the molecule is CC(=O)CC(=O)Nc1nnc(-c2cccnc2)s1. The van der Waals surface area contributed by atoms with Crippen molar-refractivity contribution in [1.29, 1.82) is 0 Å². The number of carbonyl (C=O) groups is 2. The maximum absolute atomic E-state index is 11.4. The molecule has 92 valence electrons. The Labute approximate surface area is 107 Å². The Hall–Kier alpha value is -2.15. The van der Waals surface area contributed by atoms with E-state index in [2.05, 4.69) is 20.5 Å². The minimum absolute atomic E-state index is 0.151. The van der Waals surface area contributed by atoms with E-state index in [1.165, 1.54) is 18.3 Å². The normalized spacial score (nSPS) is 10.1. The highest BCUT2D eigenvalue weighted by Gasteiger charge is 2.10. The molecule has 18 heavy (non-hydrogen) atoms. The lowest BCUT2D eigenvalue weighted by Crippen LogP contribution is -2.14. The first-order valence-electron chi connectivity index (χ1n) is 5.18. The molecule has 2 heterocycles. The van der Waals surface area contributed by atoms with Crippen LogP contribution in [-0.2, 0) is 9.59 Å². The van der Waals surface area contributed by atoms with Gasteiger partial charge in [0.2, 0.25) is 11.0 Å². The van der Waals surface area contributed by atoms with E-state index in [1.54, 1.807) is 18.5 Å². The molecule has 0 aliphatic rings. The van der Waals surface area contributed by atoms with Gasteiger partial charge in [-0.3, -0.25) is 14.6 Å². The molecule has 0 fully saturated rings. The zero-order valence-electron chi connectivity index (χ0n) is 9.58. The zero-order chi connectivity index (χ0) is 13.0. The molecule has 0 bridgehead atoms. The third-order valence-electron chi connectivity index (χ3n) is 1.99. The smallest absolute Gasteiger partial charge is 0.233 e. The van der Waals surface area contributed by atoms with Gasteiger partial charge in [-0.25, -0.2) is 0 Å². The van der Waals surface area contributed by atoms with Crippen LogP contribution in [0.15, 0.2) is 24.5 Å². The van der Waals surface area contributed by atoms with E-state index < -0.39 is 0 Å². The summed E-state index contributed by atoms with van der Waals surface area (Å²) < 4.78 is 0. The Morgan fingerprint density at radius 2 is 2.22 bits per heavy atom. The number of anilines is 1. The van der Waals surface area contributed by atoms with Crippen LogP contribution in [0.4, 0.5) is 5.13 Å². The van der Waals surface area contributed by atoms with E-state index in [4.69, 9.17) is 0 Å². The van der Waals surface area contributed by atoms with Crippen LogP contribution in [0.1, 0.15) is 13.3 Å². The number of pyridine rings is 1. The molecule has 2 rings (SSSR count). The maximum atomic E-state index is 11.4. The second kappa shape index (κ2) is 5.46. The highest BCUT2D eigenvalue weighted by Crippen LogP contribution is 2.25. The lowest BCUT2D eigenvalue weighted by atomic mass is 10.3. The Bertz CT molecular complexity index is 567. The van der Waals surface area contributed by atoms with Crippen LogP contribution in [0.2, 0.25) is 0 Å². The fourth-order valence-corrected chi connectivity index (χ4v) is 2.02. The molecule has 2 aromatic heterocycles. The van der Waals surface area contributed by atoms with Gasteiger partial charge in [0.05, 0.1) is 6.42 Å². The van der Waals surface area contributed by atoms with Gasteiger partial charge in [-0.1, -0.05) is 11.3 Å². The van der Waals surface area contributed by atoms with Crippen LogP contribution in [-0.4, -0.2) is 26.9 Å². The average molecular weight is 262 g/mol. The molecule has 0 saturated carbocycles. The van der Waals surface area contributed by atoms with Crippen molar-refractivity contribution in [3.05, 3.63) is 24.5 Å². The molecule has 1 amide bonds. The minimum Gasteiger partial charge on any atom is -0.300 e. The highest BCUT2D eigenvalue weighted by molar-refractivity contribution is 7.18. The monoisotopic (exact) mass is 262 g/mol. The Morgan fingerprint density at radius 1 is 1.39 bits per heavy atom. The van der Waals surface area contributed by atoms with E-state index in [0.29, 0.717) is 10.1 Å². The number of hydrogen-bond acceptors (Lipinski definition) is 6. The molecular formula is C11H10N4O2S. The number of nitrogens with zero attached hydrogens (tertiary/aromatic N) is 3. The van der Waals surface area contributed by atoms with Crippen LogP contribution in [0.25, 0.3) is 10.6 Å². The lowest BCUT2D eigenvalue weighted by Gasteiger charge is -1.96. The summed E-state index contributed by atoms with van der Waals surface area (Å²) in [5.41, 5.74) is 0.835. The van der Waals surface area contributed by atoms with Crippen LogP contribution in [0.5, 0.6) is 0 Å². The predicted octanol–water partition coefficient (Wildman–Crippen LogP) is 1.52. The molecule has 0 saturated heterocycles. The van der Waals surface area contributed by atoms with Crippen molar-refractivity contribution in [1.82, 2.24) is 15.2 Å². The van der Waals surface area contributed by atoms with Crippen molar-refractivity contribution in [3.63, 3.8) is 0 Å². The summed E-state index contributed by atoms with van der Waals surface area (Å²) in [7, 11) is 0. The number of Topliss-reactive ketones (excluding diaryl/α,β-unsaturated/α-hetero) is 1. The number of amides is 1. The molecule has 6 nitrogen and oxygen atoms in total. The van der Waals surface area contributed by atoms with Gasteiger partial charge in [0.25, 0.3) is 0 Å². The molecule has 0 aromatic carbocycles. The van der Waals surface area contributed by atoms with Crippen molar-refractivity contribution in [2.75, 3.05) is 5.32 Å². The summed E-state index contributed by atoms with van der Waals surface area (Å²) in [4.78, 5) is 26.1. The van der Waals surface area contributed by atoms with Crippen molar-refractivity contribution in [2.24, 2.45) is 0 Å². The number of hydrogen-bond donors (Lipinski definition) is 1. The average Bonchev–Trinajstić information content (AvgIpc) is 2.77. The van der Waals surface area contributed by atoms with E-state index >= 15 is 0 Å². The summed E-state index contributed by atoms with van der Waals surface area (Å²) in [6.45, 7) is 1.36. The zero-order valence-corrected chi connectivity index (χ0v) is 10.4. The summed E-state index contributed by atoms with van der Waals surface area (Å²) in [5, 5.41) is 11.4. The first kappa shape index (κ1) is 12.3. The van der Waals surface area contributed by atoms with Crippen molar-refractivity contribution >= 4 is 28.2 Å². The number of nitrogens with one attached hydrogen (secondary N) is 1. The molecule has 2 aromatic rings. The number of ketones is 1. The molecular weight excluding hydrogens is 252 g/mol. The van der Waals surface area contributed by atoms with Gasteiger partial charge in [-0.2, -0.15) is 0 Å². The van der Waals surface area contributed by atoms with Crippen molar-refractivity contribution in [2.45, 2.75) is 13.3 Å². The van der Waals surface area contributed by atoms with Gasteiger partial charge in [0, 0.05) is 18.0 Å². The van der Waals surface area contributed by atoms with Crippen LogP contribution >= 0.6 is 11.3 Å². The van der Waals surface area contributed by atoms with Gasteiger partial charge in [-0.05, 0) is 19.1 Å². The molecule has 0 unspecified atom stereocenters. The standard InChI is InChI=1S/C11H10N4O2S/c1-7(16)5-9(17)13-11-15-14-10(18-11)8-3-2-4-12-6-8/h2-4,6H,5H2,1H3,(H,13,15,17). The molecule has 0 atom stereocenters. The molecule has 0 aliphatic heterocycles. The Morgan fingerprint density at radius 3 is 2.89 bits per heavy atom. The van der Waals surface area contributed by atoms with Crippen molar-refractivity contribution in [3.8, 4) is 10.6 Å². The largest absolute Gasteiger partial charge is 0.300 e. The van der Waals surface area contributed by atoms with E-state index in [-0.39, 0.29) is 18.1 Å². The molecule has 7 heteroatoms. The first-order chi connectivity index (χ1) is 8.65. The third kappa shape index (κ3) is 3.17. The highest BCUT2D eigenvalue weighted by atomic mass is 32.1. The number of aromatic nitrogens is 3. The second-order valence-electron chi connectivity index (χ2n) is 3.58. The Balaban J connectivity index is 2.07. The van der Waals surface area contributed by atoms with Gasteiger partial charge < -0.3 is 5.32 Å². The van der Waals surface area contributed by atoms with E-state index in [1.807, 2.05) is 6.07 Å². The maximum Gasteiger partial charge on any atom is 0.233 e. The molecule has 0 spiro atoms. The second-order valence-corrected chi connectivity index (χ2v) is 4.56. The van der Waals surface area contributed by atoms with Crippen LogP contribution in [0.3, 0.4) is 0 Å². The van der Waals surface area contributed by atoms with Gasteiger partial charge >= 0.3 is 0 Å². The van der Waals surface area contributed by atoms with Gasteiger partial charge in [-0.15, -0.1) is 10.2 Å². The van der Waals surface area contributed by atoms with Crippen LogP contribution < -0.4 is 5.32 Å². The number of carbonyl (C=O) groups excluding carboxylic acids is 2. The van der Waals surface area contributed by atoms with E-state index in [0.717, 1.165) is 5.56 Å². The topological polar surface area (TPSA) is 84.8 Å². The fourth-order valence-electron chi connectivity index (χ4n) is 1.27. The lowest BCUT2D eigenvalue weighted by molar-refractivity contribution is -0.124. The number of rotatable bonds is 4. The fraction of sp³-hybridized carbons (Fsp3) is 0.182. The summed E-state index contributed by atoms with van der Waals surface area (Å²) in [6, 6.07) is 3.65. The van der Waals surface area contributed by atoms with Crippen molar-refractivity contribution < 1.29 is 9.59 Å². The van der Waals surface area contributed by atoms with Crippen LogP contribution in [0, 0.1) is 0 Å². The summed E-state index contributed by atoms with van der Waals surface area (Å²) in [5.74, 6) is -0.569. The first-order valence-corrected chi connectivity index (χ1v) is 6.00. The molecule has 0 radical (unpaired) electrons. The molecule has 1 N–H and O–H groups in total. The quantitative estimate of drug-likeness (QED) is 0.844. The molecule has 0 aliphatic carbocycles. The van der Waals surface area contributed by atoms with Gasteiger partial charge in [0.1, 0.15) is 5.78 Å². The van der Waals surface area contributed by atoms with Gasteiger partial charge in [0.15, 0.2) is 5.01 Å². The summed E-state index contributed by atoms with van der Waals surface area (Å²) in [6.07, 6.45) is 3.18. The Kier molecular flexibility index (Phi) is 3.73.